The molecule has 1 aliphatic rings. The van der Waals surface area contributed by atoms with Gasteiger partial charge in [-0.2, -0.15) is 0 Å². The third-order valence-electron chi connectivity index (χ3n) is 3.03. The molecule has 0 aliphatic carbocycles. The van der Waals surface area contributed by atoms with E-state index >= 15 is 0 Å². The lowest BCUT2D eigenvalue weighted by Gasteiger charge is -2.25. The van der Waals surface area contributed by atoms with Crippen LogP contribution in [0, 0.1) is 6.92 Å². The summed E-state index contributed by atoms with van der Waals surface area (Å²) in [7, 11) is 0. The number of aryl methyl sites for hydroxylation is 1. The molecule has 0 aromatic carbocycles. The molecule has 3 heteroatoms. The smallest absolute Gasteiger partial charge is 0.121 e. The third-order valence-corrected chi connectivity index (χ3v) is 3.03. The van der Waals surface area contributed by atoms with E-state index in [-0.39, 0.29) is 12.2 Å². The van der Waals surface area contributed by atoms with Gasteiger partial charge in [0.2, 0.25) is 0 Å². The average Bonchev–Trinajstić information content (AvgIpc) is 2.59. The number of aliphatic hydroxyl groups is 1. The number of hydrogen-bond donors (Lipinski definition) is 1. The van der Waals surface area contributed by atoms with Gasteiger partial charge in [-0.05, 0) is 26.3 Å². The molecule has 1 saturated heterocycles. The maximum Gasteiger partial charge on any atom is 0.121 e. The molecular weight excluding hydrogens is 180 g/mol. The summed E-state index contributed by atoms with van der Waals surface area (Å²) in [6.45, 7) is 5.81. The summed E-state index contributed by atoms with van der Waals surface area (Å²) in [6, 6.07) is 0. The van der Waals surface area contributed by atoms with Gasteiger partial charge < -0.3 is 14.3 Å². The first-order valence-corrected chi connectivity index (χ1v) is 4.95. The molecule has 2 heterocycles. The topological polar surface area (TPSA) is 42.6 Å². The summed E-state index contributed by atoms with van der Waals surface area (Å²) < 4.78 is 10.7. The summed E-state index contributed by atoms with van der Waals surface area (Å²) in [5.74, 6) is 0. The number of furan rings is 1. The highest BCUT2D eigenvalue weighted by Gasteiger charge is 2.46. The lowest BCUT2D eigenvalue weighted by molar-refractivity contribution is -0.0398. The highest BCUT2D eigenvalue weighted by atomic mass is 16.5. The van der Waals surface area contributed by atoms with Crippen molar-refractivity contribution in [3.63, 3.8) is 0 Å². The van der Waals surface area contributed by atoms with Gasteiger partial charge in [0, 0.05) is 12.0 Å². The van der Waals surface area contributed by atoms with Crippen LogP contribution in [0.2, 0.25) is 0 Å². The van der Waals surface area contributed by atoms with Crippen molar-refractivity contribution in [3.05, 3.63) is 23.7 Å². The molecule has 1 aromatic heterocycles. The van der Waals surface area contributed by atoms with Crippen LogP contribution in [0.25, 0.3) is 0 Å². The number of rotatable bonds is 1. The Labute approximate surface area is 83.7 Å². The molecule has 3 atom stereocenters. The molecule has 1 aromatic rings. The summed E-state index contributed by atoms with van der Waals surface area (Å²) in [5, 5.41) is 10.5. The molecule has 1 aliphatic heterocycles. The summed E-state index contributed by atoms with van der Waals surface area (Å²) in [5.41, 5.74) is 0.961. The fourth-order valence-corrected chi connectivity index (χ4v) is 2.25. The molecule has 0 spiro atoms. The summed E-state index contributed by atoms with van der Waals surface area (Å²) in [6.07, 6.45) is 3.84. The van der Waals surface area contributed by atoms with Crippen LogP contribution in [0.3, 0.4) is 0 Å². The second-order valence-electron chi connectivity index (χ2n) is 4.19. The van der Waals surface area contributed by atoms with Crippen molar-refractivity contribution in [2.24, 2.45) is 0 Å². The molecule has 3 unspecified atom stereocenters. The zero-order chi connectivity index (χ0) is 10.3. The van der Waals surface area contributed by atoms with E-state index in [1.54, 1.807) is 12.5 Å². The Morgan fingerprint density at radius 3 is 2.57 bits per heavy atom. The Morgan fingerprint density at radius 1 is 1.43 bits per heavy atom. The van der Waals surface area contributed by atoms with Crippen LogP contribution < -0.4 is 0 Å². The minimum atomic E-state index is -0.878. The van der Waals surface area contributed by atoms with Gasteiger partial charge in [0.1, 0.15) is 5.60 Å². The quantitative estimate of drug-likeness (QED) is 0.746. The molecule has 2 rings (SSSR count). The van der Waals surface area contributed by atoms with Gasteiger partial charge in [-0.15, -0.1) is 0 Å². The number of hydrogen-bond acceptors (Lipinski definition) is 3. The molecule has 0 radical (unpaired) electrons. The van der Waals surface area contributed by atoms with Crippen LogP contribution in [-0.2, 0) is 10.3 Å². The Kier molecular flexibility index (Phi) is 2.16. The van der Waals surface area contributed by atoms with Crippen molar-refractivity contribution >= 4 is 0 Å². The second kappa shape index (κ2) is 3.11. The Hall–Kier alpha value is -0.800. The van der Waals surface area contributed by atoms with E-state index in [1.807, 2.05) is 20.8 Å². The molecule has 3 nitrogen and oxygen atoms in total. The zero-order valence-electron chi connectivity index (χ0n) is 8.78. The monoisotopic (exact) mass is 196 g/mol. The molecule has 0 saturated carbocycles. The molecule has 0 amide bonds. The highest BCUT2D eigenvalue weighted by Crippen LogP contribution is 2.40. The van der Waals surface area contributed by atoms with Crippen LogP contribution in [0.1, 0.15) is 31.4 Å². The van der Waals surface area contributed by atoms with Crippen LogP contribution in [0.15, 0.2) is 16.9 Å². The van der Waals surface area contributed by atoms with Crippen LogP contribution in [0.5, 0.6) is 0 Å². The molecule has 1 fully saturated rings. The van der Waals surface area contributed by atoms with Gasteiger partial charge in [-0.3, -0.25) is 0 Å². The van der Waals surface area contributed by atoms with E-state index in [0.717, 1.165) is 11.1 Å². The van der Waals surface area contributed by atoms with E-state index in [9.17, 15) is 5.11 Å². The lowest BCUT2D eigenvalue weighted by Crippen LogP contribution is -2.33. The second-order valence-corrected chi connectivity index (χ2v) is 4.19. The predicted molar refractivity (Wildman–Crippen MR) is 52.0 cm³/mol. The highest BCUT2D eigenvalue weighted by molar-refractivity contribution is 5.28. The zero-order valence-corrected chi connectivity index (χ0v) is 8.78. The summed E-state index contributed by atoms with van der Waals surface area (Å²) in [4.78, 5) is 0. The van der Waals surface area contributed by atoms with E-state index in [2.05, 4.69) is 0 Å². The van der Waals surface area contributed by atoms with E-state index in [1.165, 1.54) is 0 Å². The average molecular weight is 196 g/mol. The predicted octanol–water partition coefficient (Wildman–Crippen LogP) is 1.97. The first-order valence-electron chi connectivity index (χ1n) is 4.95. The standard InChI is InChI=1S/C11H16O3/c1-7-5-13-6-10(7)11(12)4-8(2)14-9(11)3/h5-6,8-9,12H,4H2,1-3H3. The molecule has 0 bridgehead atoms. The van der Waals surface area contributed by atoms with E-state index in [4.69, 9.17) is 9.15 Å². The SMILES string of the molecule is Cc1cocc1C1(O)CC(C)OC1C. The maximum absolute atomic E-state index is 10.5. The molecule has 78 valence electrons. The van der Waals surface area contributed by atoms with Gasteiger partial charge in [0.15, 0.2) is 0 Å². The largest absolute Gasteiger partial charge is 0.472 e. The van der Waals surface area contributed by atoms with Crippen LogP contribution >= 0.6 is 0 Å². The van der Waals surface area contributed by atoms with Gasteiger partial charge in [0.25, 0.3) is 0 Å². The Balaban J connectivity index is 2.37. The lowest BCUT2D eigenvalue weighted by atomic mass is 9.86. The Morgan fingerprint density at radius 2 is 2.14 bits per heavy atom. The fraction of sp³-hybridized carbons (Fsp3) is 0.636. The first kappa shape index (κ1) is 9.74. The van der Waals surface area contributed by atoms with Crippen molar-refractivity contribution in [1.29, 1.82) is 0 Å². The minimum Gasteiger partial charge on any atom is -0.472 e. The van der Waals surface area contributed by atoms with Gasteiger partial charge >= 0.3 is 0 Å². The fourth-order valence-electron chi connectivity index (χ4n) is 2.25. The van der Waals surface area contributed by atoms with Crippen LogP contribution in [-0.4, -0.2) is 17.3 Å². The number of ether oxygens (including phenoxy) is 1. The minimum absolute atomic E-state index is 0.101. The first-order chi connectivity index (χ1) is 6.54. The van der Waals surface area contributed by atoms with Gasteiger partial charge in [0.05, 0.1) is 24.7 Å². The van der Waals surface area contributed by atoms with E-state index < -0.39 is 5.60 Å². The van der Waals surface area contributed by atoms with Crippen molar-refractivity contribution in [1.82, 2.24) is 0 Å². The van der Waals surface area contributed by atoms with Crippen molar-refractivity contribution in [3.8, 4) is 0 Å². The third kappa shape index (κ3) is 1.28. The van der Waals surface area contributed by atoms with Crippen molar-refractivity contribution in [2.75, 3.05) is 0 Å². The van der Waals surface area contributed by atoms with Crippen molar-refractivity contribution < 1.29 is 14.3 Å². The van der Waals surface area contributed by atoms with Gasteiger partial charge in [-0.1, -0.05) is 0 Å². The Bertz CT molecular complexity index is 331. The van der Waals surface area contributed by atoms with Gasteiger partial charge in [-0.25, -0.2) is 0 Å². The summed E-state index contributed by atoms with van der Waals surface area (Å²) >= 11 is 0. The molecule has 14 heavy (non-hydrogen) atoms. The maximum atomic E-state index is 10.5. The van der Waals surface area contributed by atoms with E-state index in [0.29, 0.717) is 6.42 Å². The molecular formula is C11H16O3. The van der Waals surface area contributed by atoms with Crippen LogP contribution in [0.4, 0.5) is 0 Å². The van der Waals surface area contributed by atoms with Crippen molar-refractivity contribution in [2.45, 2.75) is 45.0 Å². The normalized spacial score (nSPS) is 37.7. The molecule has 1 N–H and O–H groups in total.